The third-order valence-electron chi connectivity index (χ3n) is 4.80. The minimum atomic E-state index is -0.200. The van der Waals surface area contributed by atoms with Crippen LogP contribution in [-0.2, 0) is 11.3 Å². The maximum Gasteiger partial charge on any atom is 0.265 e. The molecule has 0 spiro atoms. The molecule has 1 N–H and O–H groups in total. The zero-order valence-corrected chi connectivity index (χ0v) is 16.2. The van der Waals surface area contributed by atoms with Crippen molar-refractivity contribution in [1.29, 1.82) is 0 Å². The summed E-state index contributed by atoms with van der Waals surface area (Å²) in [6, 6.07) is 11.3. The molecule has 0 radical (unpaired) electrons. The maximum atomic E-state index is 13.2. The molecule has 0 aliphatic heterocycles. The van der Waals surface area contributed by atoms with Crippen molar-refractivity contribution < 1.29 is 9.72 Å². The first-order valence-corrected chi connectivity index (χ1v) is 9.42. The van der Waals surface area contributed by atoms with E-state index in [4.69, 9.17) is 14.7 Å². The minimum absolute atomic E-state index is 0.200. The van der Waals surface area contributed by atoms with Crippen molar-refractivity contribution in [2.24, 2.45) is 5.10 Å². The second-order valence-corrected chi connectivity index (χ2v) is 6.71. The highest BCUT2D eigenvalue weighted by Gasteiger charge is 2.19. The molecule has 4 heterocycles. The van der Waals surface area contributed by atoms with Gasteiger partial charge in [-0.1, -0.05) is 12.1 Å². The van der Waals surface area contributed by atoms with E-state index in [9.17, 15) is 4.79 Å². The molecule has 0 amide bonds. The van der Waals surface area contributed by atoms with Crippen molar-refractivity contribution in [2.75, 3.05) is 13.7 Å². The van der Waals surface area contributed by atoms with E-state index >= 15 is 0 Å². The maximum absolute atomic E-state index is 13.2. The van der Waals surface area contributed by atoms with Crippen molar-refractivity contribution in [2.45, 2.75) is 6.54 Å². The van der Waals surface area contributed by atoms with Gasteiger partial charge in [0.2, 0.25) is 0 Å². The molecule has 9 nitrogen and oxygen atoms in total. The zero-order chi connectivity index (χ0) is 20.5. The summed E-state index contributed by atoms with van der Waals surface area (Å²) in [5.74, 6) is 0. The molecule has 0 bridgehead atoms. The second-order valence-electron chi connectivity index (χ2n) is 6.71. The normalized spacial score (nSPS) is 11.9. The molecule has 5 rings (SSSR count). The van der Waals surface area contributed by atoms with Crippen LogP contribution in [0, 0.1) is 0 Å². The minimum Gasteiger partial charge on any atom is -0.383 e. The van der Waals surface area contributed by atoms with Crippen molar-refractivity contribution in [3.05, 3.63) is 71.0 Å². The summed E-state index contributed by atoms with van der Waals surface area (Å²) in [4.78, 5) is 30.2. The lowest BCUT2D eigenvalue weighted by atomic mass is 10.3. The topological polar surface area (TPSA) is 101 Å². The number of nitrogens with one attached hydrogen (secondary N) is 1. The van der Waals surface area contributed by atoms with E-state index in [2.05, 4.69) is 15.1 Å². The molecular weight excluding hydrogens is 382 g/mol. The zero-order valence-electron chi connectivity index (χ0n) is 16.2. The van der Waals surface area contributed by atoms with Gasteiger partial charge in [-0.2, -0.15) is 9.78 Å². The van der Waals surface area contributed by atoms with Crippen molar-refractivity contribution in [3.63, 3.8) is 0 Å². The predicted molar refractivity (Wildman–Crippen MR) is 112 cm³/mol. The Hall–Kier alpha value is -3.98. The van der Waals surface area contributed by atoms with Gasteiger partial charge in [0.15, 0.2) is 23.7 Å². The van der Waals surface area contributed by atoms with E-state index in [0.29, 0.717) is 40.9 Å². The van der Waals surface area contributed by atoms with Crippen LogP contribution < -0.4 is 10.5 Å². The van der Waals surface area contributed by atoms with Crippen LogP contribution in [0.3, 0.4) is 0 Å². The van der Waals surface area contributed by atoms with Crippen LogP contribution in [0.25, 0.3) is 33.2 Å². The first-order chi connectivity index (χ1) is 14.8. The molecule has 0 aliphatic carbocycles. The fourth-order valence-electron chi connectivity index (χ4n) is 3.33. The molecule has 1 aromatic carbocycles. The fourth-order valence-corrected chi connectivity index (χ4v) is 3.33. The number of aromatic amines is 1. The molecule has 0 aliphatic rings. The van der Waals surface area contributed by atoms with Gasteiger partial charge in [0, 0.05) is 13.2 Å². The number of aromatic nitrogens is 6. The first-order valence-electron chi connectivity index (χ1n) is 9.42. The number of hydrogen-bond donors (Lipinski definition) is 0. The summed E-state index contributed by atoms with van der Waals surface area (Å²) in [5.41, 5.74) is 3.46. The van der Waals surface area contributed by atoms with Crippen LogP contribution in [0.4, 0.5) is 0 Å². The highest BCUT2D eigenvalue weighted by Crippen LogP contribution is 2.24. The van der Waals surface area contributed by atoms with E-state index in [0.717, 1.165) is 11.1 Å². The molecule has 30 heavy (non-hydrogen) atoms. The molecular formula is C21H18N7O2+. The number of para-hydroxylation sites is 2. The monoisotopic (exact) mass is 400 g/mol. The number of fused-ring (bicyclic) bond motifs is 4. The van der Waals surface area contributed by atoms with Gasteiger partial charge in [-0.3, -0.25) is 9.36 Å². The number of benzene rings is 1. The first kappa shape index (κ1) is 18.1. The Bertz CT molecular complexity index is 1460. The van der Waals surface area contributed by atoms with Gasteiger partial charge in [-0.25, -0.2) is 19.9 Å². The predicted octanol–water partition coefficient (Wildman–Crippen LogP) is 1.64. The quantitative estimate of drug-likeness (QED) is 0.418. The van der Waals surface area contributed by atoms with Gasteiger partial charge in [0.05, 0.1) is 36.0 Å². The van der Waals surface area contributed by atoms with Crippen molar-refractivity contribution in [3.8, 4) is 0 Å². The molecule has 4 aromatic heterocycles. The molecule has 148 valence electrons. The Balaban J connectivity index is 1.82. The summed E-state index contributed by atoms with van der Waals surface area (Å²) in [7, 11) is 1.59. The highest BCUT2D eigenvalue weighted by atomic mass is 16.5. The molecule has 0 saturated carbocycles. The number of rotatable bonds is 5. The summed E-state index contributed by atoms with van der Waals surface area (Å²) in [5, 5.41) is 4.95. The smallest absolute Gasteiger partial charge is 0.265 e. The summed E-state index contributed by atoms with van der Waals surface area (Å²) in [6.07, 6.45) is 6.83. The van der Waals surface area contributed by atoms with Crippen LogP contribution in [0.5, 0.6) is 0 Å². The Morgan fingerprint density at radius 1 is 1.13 bits per heavy atom. The van der Waals surface area contributed by atoms with Gasteiger partial charge < -0.3 is 4.74 Å². The molecule has 9 heteroatoms. The Morgan fingerprint density at radius 2 is 1.97 bits per heavy atom. The van der Waals surface area contributed by atoms with Crippen LogP contribution >= 0.6 is 0 Å². The lowest BCUT2D eigenvalue weighted by Gasteiger charge is -2.04. The van der Waals surface area contributed by atoms with Crippen LogP contribution in [-0.4, -0.2) is 44.1 Å². The molecule has 0 atom stereocenters. The molecule has 0 fully saturated rings. The third-order valence-corrected chi connectivity index (χ3v) is 4.80. The highest BCUT2D eigenvalue weighted by molar-refractivity contribution is 6.04. The van der Waals surface area contributed by atoms with Gasteiger partial charge in [-0.05, 0) is 18.2 Å². The standard InChI is InChI=1S/C21H17N7O2/c1-30-10-9-27-13-23-19-17(21(27)29)18-20(26-16-7-3-2-6-15(16)25-18)28(19)24-12-14-5-4-8-22-11-14/h2-8,11-13H,9-10H2,1H3/p+1/b24-12+. The number of methoxy groups -OCH3 is 1. The molecule has 0 unspecified atom stereocenters. The van der Waals surface area contributed by atoms with Crippen LogP contribution in [0.2, 0.25) is 0 Å². The van der Waals surface area contributed by atoms with Gasteiger partial charge in [0.1, 0.15) is 17.2 Å². The number of ether oxygens (including phenoxy) is 1. The average Bonchev–Trinajstić information content (AvgIpc) is 3.09. The molecule has 0 saturated heterocycles. The number of H-pyrrole nitrogens is 1. The third kappa shape index (κ3) is 3.01. The number of pyridine rings is 1. The van der Waals surface area contributed by atoms with Crippen LogP contribution in [0.1, 0.15) is 5.56 Å². The van der Waals surface area contributed by atoms with Crippen molar-refractivity contribution >= 4 is 39.4 Å². The lowest BCUT2D eigenvalue weighted by molar-refractivity contribution is -0.378. The SMILES string of the molecule is COCCn1cnc2c(c1=O)c1nc3ccccc3nc1n2/N=C/c1ccc[nH+]c1. The Labute approximate surface area is 170 Å². The van der Waals surface area contributed by atoms with Gasteiger partial charge in [-0.15, -0.1) is 0 Å². The Morgan fingerprint density at radius 3 is 2.73 bits per heavy atom. The van der Waals surface area contributed by atoms with Gasteiger partial charge in [0.25, 0.3) is 5.56 Å². The van der Waals surface area contributed by atoms with E-state index in [1.54, 1.807) is 18.0 Å². The average molecular weight is 400 g/mol. The number of nitrogens with zero attached hydrogens (tertiary/aromatic N) is 6. The Kier molecular flexibility index (Phi) is 4.49. The van der Waals surface area contributed by atoms with E-state index in [1.165, 1.54) is 10.9 Å². The summed E-state index contributed by atoms with van der Waals surface area (Å²) in [6.45, 7) is 0.804. The largest absolute Gasteiger partial charge is 0.383 e. The van der Waals surface area contributed by atoms with E-state index in [-0.39, 0.29) is 5.56 Å². The number of hydrogen-bond acceptors (Lipinski definition) is 6. The van der Waals surface area contributed by atoms with Crippen molar-refractivity contribution in [1.82, 2.24) is 24.2 Å². The fraction of sp³-hybridized carbons (Fsp3) is 0.143. The van der Waals surface area contributed by atoms with E-state index in [1.807, 2.05) is 48.8 Å². The van der Waals surface area contributed by atoms with E-state index < -0.39 is 0 Å². The summed E-state index contributed by atoms with van der Waals surface area (Å²) < 4.78 is 8.19. The molecule has 5 aromatic rings. The second kappa shape index (κ2) is 7.45. The lowest BCUT2D eigenvalue weighted by Crippen LogP contribution is -2.22. The van der Waals surface area contributed by atoms with Crippen LogP contribution in [0.15, 0.2) is 65.0 Å². The van der Waals surface area contributed by atoms with Gasteiger partial charge >= 0.3 is 0 Å². The summed E-state index contributed by atoms with van der Waals surface area (Å²) >= 11 is 0.